The second kappa shape index (κ2) is 7.29. The Morgan fingerprint density at radius 2 is 1.93 bits per heavy atom. The summed E-state index contributed by atoms with van der Waals surface area (Å²) < 4.78 is 31.1. The third-order valence-corrected chi connectivity index (χ3v) is 5.37. The van der Waals surface area contributed by atoms with Gasteiger partial charge in [-0.2, -0.15) is 0 Å². The number of amides is 1. The van der Waals surface area contributed by atoms with Crippen LogP contribution in [0, 0.1) is 6.92 Å². The van der Waals surface area contributed by atoms with E-state index in [4.69, 9.17) is 16.3 Å². The molecule has 2 aromatic rings. The minimum Gasteiger partial charge on any atom is -0.487 e. The minimum absolute atomic E-state index is 0.168. The number of carbonyl (C=O) groups excluding carboxylic acids is 1. The van der Waals surface area contributed by atoms with E-state index in [0.29, 0.717) is 12.1 Å². The largest absolute Gasteiger partial charge is 0.487 e. The first-order valence-corrected chi connectivity index (χ1v) is 11.1. The Kier molecular flexibility index (Phi) is 5.34. The van der Waals surface area contributed by atoms with E-state index in [0.717, 1.165) is 23.1 Å². The van der Waals surface area contributed by atoms with E-state index in [1.165, 1.54) is 18.2 Å². The van der Waals surface area contributed by atoms with Crippen molar-refractivity contribution in [3.63, 3.8) is 0 Å². The molecule has 2 N–H and O–H groups in total. The molecule has 0 saturated carbocycles. The molecule has 2 aromatic carbocycles. The van der Waals surface area contributed by atoms with Gasteiger partial charge in [0, 0.05) is 17.7 Å². The lowest BCUT2D eigenvalue weighted by atomic mass is 9.89. The monoisotopic (exact) mass is 422 g/mol. The highest BCUT2D eigenvalue weighted by atomic mass is 35.5. The number of hydrogen-bond donors (Lipinski definition) is 2. The smallest absolute Gasteiger partial charge is 0.253 e. The number of carbonyl (C=O) groups is 1. The van der Waals surface area contributed by atoms with Crippen LogP contribution in [0.25, 0.3) is 0 Å². The SMILES string of the molecule is Cc1ccc2c(c1)OC(C)(C)C[C@H]2NC(=O)c1ccc(NS(C)(=O)=O)cc1Cl. The van der Waals surface area contributed by atoms with Gasteiger partial charge in [0.15, 0.2) is 0 Å². The number of ether oxygens (including phenoxy) is 1. The predicted octanol–water partition coefficient (Wildman–Crippen LogP) is 4.05. The number of sulfonamides is 1. The van der Waals surface area contributed by atoms with Gasteiger partial charge in [-0.15, -0.1) is 0 Å². The summed E-state index contributed by atoms with van der Waals surface area (Å²) in [5, 5.41) is 3.20. The fourth-order valence-corrected chi connectivity index (χ4v) is 4.12. The van der Waals surface area contributed by atoms with E-state index >= 15 is 0 Å². The van der Waals surface area contributed by atoms with Crippen molar-refractivity contribution < 1.29 is 17.9 Å². The summed E-state index contributed by atoms with van der Waals surface area (Å²) in [6.07, 6.45) is 1.66. The number of anilines is 1. The summed E-state index contributed by atoms with van der Waals surface area (Å²) >= 11 is 6.23. The van der Waals surface area contributed by atoms with Gasteiger partial charge < -0.3 is 10.1 Å². The topological polar surface area (TPSA) is 84.5 Å². The van der Waals surface area contributed by atoms with Crippen LogP contribution in [0.3, 0.4) is 0 Å². The van der Waals surface area contributed by atoms with Crippen molar-refractivity contribution in [3.05, 3.63) is 58.1 Å². The zero-order valence-corrected chi connectivity index (χ0v) is 17.7. The van der Waals surface area contributed by atoms with E-state index in [-0.39, 0.29) is 22.5 Å². The van der Waals surface area contributed by atoms with Crippen molar-refractivity contribution in [3.8, 4) is 5.75 Å². The van der Waals surface area contributed by atoms with E-state index < -0.39 is 15.6 Å². The lowest BCUT2D eigenvalue weighted by Gasteiger charge is -2.38. The summed E-state index contributed by atoms with van der Waals surface area (Å²) in [6, 6.07) is 10.1. The van der Waals surface area contributed by atoms with E-state index in [1.54, 1.807) is 0 Å². The molecular formula is C20H23ClN2O4S. The molecule has 3 rings (SSSR count). The van der Waals surface area contributed by atoms with Gasteiger partial charge in [-0.25, -0.2) is 8.42 Å². The van der Waals surface area contributed by atoms with Crippen LogP contribution in [0.5, 0.6) is 5.75 Å². The van der Waals surface area contributed by atoms with Crippen molar-refractivity contribution in [2.75, 3.05) is 11.0 Å². The molecule has 1 amide bonds. The van der Waals surface area contributed by atoms with Crippen LogP contribution in [0.2, 0.25) is 5.02 Å². The molecule has 1 atom stereocenters. The number of hydrogen-bond acceptors (Lipinski definition) is 4. The average molecular weight is 423 g/mol. The number of halogens is 1. The van der Waals surface area contributed by atoms with Crippen molar-refractivity contribution >= 4 is 33.2 Å². The lowest BCUT2D eigenvalue weighted by molar-refractivity contribution is 0.0619. The lowest BCUT2D eigenvalue weighted by Crippen LogP contribution is -2.41. The Labute approximate surface area is 170 Å². The molecule has 0 aliphatic carbocycles. The molecular weight excluding hydrogens is 400 g/mol. The number of fused-ring (bicyclic) bond motifs is 1. The van der Waals surface area contributed by atoms with Crippen LogP contribution in [-0.4, -0.2) is 26.2 Å². The molecule has 0 aromatic heterocycles. The number of rotatable bonds is 4. The molecule has 0 bridgehead atoms. The van der Waals surface area contributed by atoms with Crippen LogP contribution in [-0.2, 0) is 10.0 Å². The van der Waals surface area contributed by atoms with Crippen LogP contribution < -0.4 is 14.8 Å². The first-order chi connectivity index (χ1) is 12.9. The van der Waals surface area contributed by atoms with E-state index in [2.05, 4.69) is 10.0 Å². The maximum atomic E-state index is 12.8. The minimum atomic E-state index is -3.42. The quantitative estimate of drug-likeness (QED) is 0.778. The first kappa shape index (κ1) is 20.5. The average Bonchev–Trinajstić information content (AvgIpc) is 2.51. The van der Waals surface area contributed by atoms with Crippen LogP contribution in [0.1, 0.15) is 47.8 Å². The van der Waals surface area contributed by atoms with Crippen molar-refractivity contribution in [2.45, 2.75) is 38.8 Å². The van der Waals surface area contributed by atoms with Gasteiger partial charge in [-0.3, -0.25) is 9.52 Å². The summed E-state index contributed by atoms with van der Waals surface area (Å²) in [6.45, 7) is 5.96. The van der Waals surface area contributed by atoms with Crippen LogP contribution in [0.4, 0.5) is 5.69 Å². The Hall–Kier alpha value is -2.25. The standard InChI is InChI=1S/C20H23ClN2O4S/c1-12-5-7-15-17(11-20(2,3)27-18(15)9-12)22-19(24)14-8-6-13(10-16(14)21)23-28(4,25)26/h5-10,17,23H,11H2,1-4H3,(H,22,24)/t17-/m1/s1. The van der Waals surface area contributed by atoms with E-state index in [1.807, 2.05) is 39.0 Å². The number of aryl methyl sites for hydroxylation is 1. The summed E-state index contributed by atoms with van der Waals surface area (Å²) in [7, 11) is -3.42. The Morgan fingerprint density at radius 3 is 2.57 bits per heavy atom. The molecule has 0 unspecified atom stereocenters. The normalized spacial score (nSPS) is 18.0. The number of benzene rings is 2. The molecule has 1 aliphatic heterocycles. The highest BCUT2D eigenvalue weighted by molar-refractivity contribution is 7.92. The third-order valence-electron chi connectivity index (χ3n) is 4.45. The summed E-state index contributed by atoms with van der Waals surface area (Å²) in [5.74, 6) is 0.436. The Bertz CT molecular complexity index is 1030. The fraction of sp³-hybridized carbons (Fsp3) is 0.350. The number of nitrogens with one attached hydrogen (secondary N) is 2. The molecule has 0 radical (unpaired) electrons. The van der Waals surface area contributed by atoms with E-state index in [9.17, 15) is 13.2 Å². The first-order valence-electron chi connectivity index (χ1n) is 8.81. The fourth-order valence-electron chi connectivity index (χ4n) is 3.30. The second-order valence-electron chi connectivity index (χ2n) is 7.70. The Morgan fingerprint density at radius 1 is 1.21 bits per heavy atom. The van der Waals surface area contributed by atoms with Gasteiger partial charge >= 0.3 is 0 Å². The summed E-state index contributed by atoms with van der Waals surface area (Å²) in [5.41, 5.74) is 2.16. The zero-order valence-electron chi connectivity index (χ0n) is 16.2. The van der Waals surface area contributed by atoms with Gasteiger partial charge in [0.2, 0.25) is 10.0 Å². The molecule has 28 heavy (non-hydrogen) atoms. The van der Waals surface area contributed by atoms with Gasteiger partial charge in [-0.1, -0.05) is 23.7 Å². The highest BCUT2D eigenvalue weighted by Gasteiger charge is 2.34. The highest BCUT2D eigenvalue weighted by Crippen LogP contribution is 2.40. The van der Waals surface area contributed by atoms with Gasteiger partial charge in [0.25, 0.3) is 5.91 Å². The van der Waals surface area contributed by atoms with Crippen molar-refractivity contribution in [2.24, 2.45) is 0 Å². The van der Waals surface area contributed by atoms with Gasteiger partial charge in [-0.05, 0) is 50.6 Å². The zero-order chi connectivity index (χ0) is 20.7. The second-order valence-corrected chi connectivity index (χ2v) is 9.86. The van der Waals surface area contributed by atoms with Crippen molar-refractivity contribution in [1.82, 2.24) is 5.32 Å². The Balaban J connectivity index is 1.85. The molecule has 1 aliphatic rings. The maximum Gasteiger partial charge on any atom is 0.253 e. The third kappa shape index (κ3) is 4.77. The molecule has 0 fully saturated rings. The molecule has 6 nitrogen and oxygen atoms in total. The maximum absolute atomic E-state index is 12.8. The predicted molar refractivity (Wildman–Crippen MR) is 111 cm³/mol. The summed E-state index contributed by atoms with van der Waals surface area (Å²) in [4.78, 5) is 12.8. The molecule has 1 heterocycles. The van der Waals surface area contributed by atoms with Crippen LogP contribution >= 0.6 is 11.6 Å². The molecule has 0 spiro atoms. The molecule has 8 heteroatoms. The molecule has 150 valence electrons. The van der Waals surface area contributed by atoms with Crippen LogP contribution in [0.15, 0.2) is 36.4 Å². The van der Waals surface area contributed by atoms with Crippen molar-refractivity contribution in [1.29, 1.82) is 0 Å². The van der Waals surface area contributed by atoms with Gasteiger partial charge in [0.05, 0.1) is 22.9 Å². The molecule has 0 saturated heterocycles. The van der Waals surface area contributed by atoms with Gasteiger partial charge in [0.1, 0.15) is 11.4 Å².